The van der Waals surface area contributed by atoms with Crippen molar-refractivity contribution in [1.29, 1.82) is 0 Å². The number of rotatable bonds is 5. The standard InChI is InChI=1S/C17H23N3O3S/c1-11(2)12-8-24-15-13(12)14(18-10-19-15)20-16(21)17(9-22-3)4-6-23-7-5-17/h8,10-11H,4-7,9H2,1-3H3,(H,18,19,20,21). The van der Waals surface area contributed by atoms with E-state index in [-0.39, 0.29) is 5.91 Å². The Morgan fingerprint density at radius 1 is 1.42 bits per heavy atom. The summed E-state index contributed by atoms with van der Waals surface area (Å²) < 4.78 is 10.8. The Kier molecular flexibility index (Phi) is 5.12. The Bertz CT molecular complexity index is 717. The average molecular weight is 349 g/mol. The molecule has 1 aliphatic heterocycles. The van der Waals surface area contributed by atoms with E-state index in [1.165, 1.54) is 11.9 Å². The number of hydrogen-bond acceptors (Lipinski definition) is 6. The highest BCUT2D eigenvalue weighted by atomic mass is 32.1. The second kappa shape index (κ2) is 7.13. The third-order valence-corrected chi connectivity index (χ3v) is 5.51. The molecule has 0 spiro atoms. The first-order chi connectivity index (χ1) is 11.6. The van der Waals surface area contributed by atoms with Gasteiger partial charge >= 0.3 is 0 Å². The van der Waals surface area contributed by atoms with Gasteiger partial charge in [-0.25, -0.2) is 9.97 Å². The van der Waals surface area contributed by atoms with Crippen LogP contribution in [0.25, 0.3) is 10.2 Å². The molecule has 1 amide bonds. The quantitative estimate of drug-likeness (QED) is 0.897. The van der Waals surface area contributed by atoms with Crippen LogP contribution in [0, 0.1) is 5.41 Å². The van der Waals surface area contributed by atoms with E-state index in [2.05, 4.69) is 34.5 Å². The van der Waals surface area contributed by atoms with Gasteiger partial charge in [0.25, 0.3) is 0 Å². The molecule has 2 aromatic rings. The molecule has 0 aromatic carbocycles. The number of carbonyl (C=O) groups is 1. The van der Waals surface area contributed by atoms with Crippen molar-refractivity contribution in [2.45, 2.75) is 32.6 Å². The lowest BCUT2D eigenvalue weighted by Gasteiger charge is -2.34. The number of nitrogens with one attached hydrogen (secondary N) is 1. The monoisotopic (exact) mass is 349 g/mol. The van der Waals surface area contributed by atoms with Gasteiger partial charge in [-0.15, -0.1) is 11.3 Å². The molecular weight excluding hydrogens is 326 g/mol. The molecule has 1 N–H and O–H groups in total. The minimum Gasteiger partial charge on any atom is -0.384 e. The zero-order chi connectivity index (χ0) is 17.2. The van der Waals surface area contributed by atoms with Gasteiger partial charge < -0.3 is 14.8 Å². The molecule has 0 unspecified atom stereocenters. The number of aromatic nitrogens is 2. The second-order valence-electron chi connectivity index (χ2n) is 6.53. The van der Waals surface area contributed by atoms with Crippen molar-refractivity contribution in [3.8, 4) is 0 Å². The van der Waals surface area contributed by atoms with Crippen LogP contribution in [-0.2, 0) is 14.3 Å². The highest BCUT2D eigenvalue weighted by molar-refractivity contribution is 7.17. The van der Waals surface area contributed by atoms with Crippen molar-refractivity contribution < 1.29 is 14.3 Å². The van der Waals surface area contributed by atoms with E-state index in [0.717, 1.165) is 10.2 Å². The lowest BCUT2D eigenvalue weighted by atomic mass is 9.80. The molecule has 130 valence electrons. The van der Waals surface area contributed by atoms with Crippen LogP contribution in [0.15, 0.2) is 11.7 Å². The van der Waals surface area contributed by atoms with Gasteiger partial charge in [-0.05, 0) is 29.7 Å². The van der Waals surface area contributed by atoms with Crippen molar-refractivity contribution >= 4 is 33.3 Å². The Hall–Kier alpha value is -1.57. The number of ether oxygens (including phenoxy) is 2. The smallest absolute Gasteiger partial charge is 0.234 e. The molecule has 3 rings (SSSR count). The third kappa shape index (κ3) is 3.16. The number of carbonyl (C=O) groups excluding carboxylic acids is 1. The number of nitrogens with zero attached hydrogens (tertiary/aromatic N) is 2. The summed E-state index contributed by atoms with van der Waals surface area (Å²) in [6.07, 6.45) is 2.81. The number of amides is 1. The van der Waals surface area contributed by atoms with Crippen molar-refractivity contribution in [3.05, 3.63) is 17.3 Å². The minimum absolute atomic E-state index is 0.0476. The molecule has 7 heteroatoms. The maximum Gasteiger partial charge on any atom is 0.234 e. The normalized spacial score (nSPS) is 17.3. The molecule has 1 aliphatic rings. The Morgan fingerprint density at radius 3 is 2.83 bits per heavy atom. The largest absolute Gasteiger partial charge is 0.384 e. The summed E-state index contributed by atoms with van der Waals surface area (Å²) in [6, 6.07) is 0. The predicted molar refractivity (Wildman–Crippen MR) is 94.5 cm³/mol. The number of fused-ring (bicyclic) bond motifs is 1. The molecule has 0 bridgehead atoms. The van der Waals surface area contributed by atoms with Crippen LogP contribution in [0.3, 0.4) is 0 Å². The first-order valence-electron chi connectivity index (χ1n) is 8.17. The molecule has 24 heavy (non-hydrogen) atoms. The third-order valence-electron chi connectivity index (χ3n) is 4.60. The maximum atomic E-state index is 13.0. The Balaban J connectivity index is 1.93. The zero-order valence-corrected chi connectivity index (χ0v) is 15.1. The summed E-state index contributed by atoms with van der Waals surface area (Å²) in [5, 5.41) is 6.09. The van der Waals surface area contributed by atoms with Crippen molar-refractivity contribution in [2.75, 3.05) is 32.2 Å². The van der Waals surface area contributed by atoms with E-state index in [4.69, 9.17) is 9.47 Å². The molecule has 6 nitrogen and oxygen atoms in total. The topological polar surface area (TPSA) is 73.3 Å². The Morgan fingerprint density at radius 2 is 2.17 bits per heavy atom. The summed E-state index contributed by atoms with van der Waals surface area (Å²) in [7, 11) is 1.63. The highest BCUT2D eigenvalue weighted by Crippen LogP contribution is 2.36. The van der Waals surface area contributed by atoms with Crippen LogP contribution in [0.4, 0.5) is 5.82 Å². The van der Waals surface area contributed by atoms with Crippen LogP contribution in [-0.4, -0.2) is 42.8 Å². The predicted octanol–water partition coefficient (Wildman–Crippen LogP) is 3.20. The van der Waals surface area contributed by atoms with E-state index in [1.54, 1.807) is 18.4 Å². The van der Waals surface area contributed by atoms with Gasteiger partial charge in [0.1, 0.15) is 17.0 Å². The fourth-order valence-corrected chi connectivity index (χ4v) is 4.20. The second-order valence-corrected chi connectivity index (χ2v) is 7.39. The molecule has 1 saturated heterocycles. The van der Waals surface area contributed by atoms with Crippen LogP contribution >= 0.6 is 11.3 Å². The molecule has 0 saturated carbocycles. The van der Waals surface area contributed by atoms with Crippen LogP contribution in [0.5, 0.6) is 0 Å². The summed E-state index contributed by atoms with van der Waals surface area (Å²) in [5.41, 5.74) is 0.608. The van der Waals surface area contributed by atoms with Gasteiger partial charge in [0.15, 0.2) is 0 Å². The molecule has 0 atom stereocenters. The van der Waals surface area contributed by atoms with E-state index in [1.807, 2.05) is 0 Å². The van der Waals surface area contributed by atoms with Gasteiger partial charge in [0.2, 0.25) is 5.91 Å². The minimum atomic E-state index is -0.557. The summed E-state index contributed by atoms with van der Waals surface area (Å²) in [5.74, 6) is 0.891. The lowest BCUT2D eigenvalue weighted by molar-refractivity contribution is -0.135. The maximum absolute atomic E-state index is 13.0. The number of anilines is 1. The van der Waals surface area contributed by atoms with Crippen molar-refractivity contribution in [2.24, 2.45) is 5.41 Å². The zero-order valence-electron chi connectivity index (χ0n) is 14.3. The van der Waals surface area contributed by atoms with Gasteiger partial charge in [0, 0.05) is 20.3 Å². The van der Waals surface area contributed by atoms with Crippen molar-refractivity contribution in [3.63, 3.8) is 0 Å². The van der Waals surface area contributed by atoms with E-state index < -0.39 is 5.41 Å². The number of methoxy groups -OCH3 is 1. The average Bonchev–Trinajstić information content (AvgIpc) is 3.01. The molecule has 0 aliphatic carbocycles. The summed E-state index contributed by atoms with van der Waals surface area (Å²) >= 11 is 1.58. The number of hydrogen-bond donors (Lipinski definition) is 1. The van der Waals surface area contributed by atoms with Gasteiger partial charge in [-0.1, -0.05) is 13.8 Å². The molecule has 1 fully saturated rings. The van der Waals surface area contributed by atoms with Crippen LogP contribution < -0.4 is 5.32 Å². The van der Waals surface area contributed by atoms with Gasteiger partial charge in [-0.2, -0.15) is 0 Å². The van der Waals surface area contributed by atoms with Gasteiger partial charge in [0.05, 0.1) is 17.4 Å². The fourth-order valence-electron chi connectivity index (χ4n) is 3.13. The Labute approximate surface area is 145 Å². The van der Waals surface area contributed by atoms with Crippen LogP contribution in [0.1, 0.15) is 38.2 Å². The van der Waals surface area contributed by atoms with Crippen molar-refractivity contribution in [1.82, 2.24) is 9.97 Å². The molecular formula is C17H23N3O3S. The first-order valence-corrected chi connectivity index (χ1v) is 9.05. The highest BCUT2D eigenvalue weighted by Gasteiger charge is 2.40. The SMILES string of the molecule is COCC1(C(=O)Nc2ncnc3scc(C(C)C)c23)CCOCC1. The summed E-state index contributed by atoms with van der Waals surface area (Å²) in [4.78, 5) is 22.6. The first kappa shape index (κ1) is 17.3. The number of thiophene rings is 1. The van der Waals surface area contributed by atoms with E-state index >= 15 is 0 Å². The molecule has 2 aromatic heterocycles. The lowest BCUT2D eigenvalue weighted by Crippen LogP contribution is -2.44. The molecule has 3 heterocycles. The van der Waals surface area contributed by atoms with Crippen LogP contribution in [0.2, 0.25) is 0 Å². The van der Waals surface area contributed by atoms with E-state index in [0.29, 0.717) is 44.4 Å². The van der Waals surface area contributed by atoms with Gasteiger partial charge in [-0.3, -0.25) is 4.79 Å². The summed E-state index contributed by atoms with van der Waals surface area (Å²) in [6.45, 7) is 5.80. The fraction of sp³-hybridized carbons (Fsp3) is 0.588. The molecule has 0 radical (unpaired) electrons. The van der Waals surface area contributed by atoms with E-state index in [9.17, 15) is 4.79 Å².